The maximum atomic E-state index is 6.27. The lowest BCUT2D eigenvalue weighted by atomic mass is 9.83. The van der Waals surface area contributed by atoms with Gasteiger partial charge in [0.15, 0.2) is 11.7 Å². The molecule has 0 fully saturated rings. The van der Waals surface area contributed by atoms with E-state index in [1.807, 2.05) is 33.8 Å². The van der Waals surface area contributed by atoms with E-state index in [0.29, 0.717) is 30.2 Å². The first kappa shape index (κ1) is 22.9. The van der Waals surface area contributed by atoms with Crippen LogP contribution in [0.25, 0.3) is 0 Å². The summed E-state index contributed by atoms with van der Waals surface area (Å²) in [4.78, 5) is 17.0. The zero-order chi connectivity index (χ0) is 21.2. The summed E-state index contributed by atoms with van der Waals surface area (Å²) in [6, 6.07) is 0. The van der Waals surface area contributed by atoms with E-state index >= 15 is 0 Å². The van der Waals surface area contributed by atoms with E-state index in [1.165, 1.54) is 11.8 Å². The first-order valence-corrected chi connectivity index (χ1v) is 8.80. The number of amidine groups is 1. The van der Waals surface area contributed by atoms with Crippen LogP contribution in [0.4, 0.5) is 0 Å². The third-order valence-electron chi connectivity index (χ3n) is 3.71. The molecule has 0 aromatic heterocycles. The zero-order valence-corrected chi connectivity index (χ0v) is 17.3. The van der Waals surface area contributed by atoms with Crippen molar-refractivity contribution >= 4 is 36.5 Å². The molecule has 0 bridgehead atoms. The number of rotatable bonds is 8. The largest absolute Gasteiger partial charge is 0.471 e. The van der Waals surface area contributed by atoms with Gasteiger partial charge in [0.1, 0.15) is 6.61 Å². The van der Waals surface area contributed by atoms with Crippen LogP contribution in [0.15, 0.2) is 53.3 Å². The minimum Gasteiger partial charge on any atom is -0.471 e. The topological polar surface area (TPSA) is 135 Å². The van der Waals surface area contributed by atoms with Gasteiger partial charge in [-0.05, 0) is 18.4 Å². The predicted molar refractivity (Wildman–Crippen MR) is 119 cm³/mol. The molecule has 28 heavy (non-hydrogen) atoms. The number of allylic oxidation sites excluding steroid dienone is 1. The van der Waals surface area contributed by atoms with E-state index in [9.17, 15) is 0 Å². The number of nitrogens with two attached hydrogens (primary N) is 2. The van der Waals surface area contributed by atoms with Crippen LogP contribution >= 0.6 is 0 Å². The second kappa shape index (κ2) is 10.9. The molecule has 0 radical (unpaired) electrons. The van der Waals surface area contributed by atoms with Gasteiger partial charge in [0.2, 0.25) is 0 Å². The molecule has 1 aliphatic heterocycles. The Morgan fingerprint density at radius 1 is 1.39 bits per heavy atom. The molecule has 1 heterocycles. The van der Waals surface area contributed by atoms with Gasteiger partial charge < -0.3 is 16.2 Å². The van der Waals surface area contributed by atoms with E-state index < -0.39 is 0 Å². The highest BCUT2D eigenvalue weighted by Crippen LogP contribution is 2.28. The zero-order valence-electron chi connectivity index (χ0n) is 17.3. The van der Waals surface area contributed by atoms with Gasteiger partial charge in [0.05, 0.1) is 37.1 Å². The summed E-state index contributed by atoms with van der Waals surface area (Å²) >= 11 is 0. The van der Waals surface area contributed by atoms with Crippen LogP contribution in [0.3, 0.4) is 0 Å². The fraction of sp³-hybridized carbons (Fsp3) is 0.474. The summed E-state index contributed by atoms with van der Waals surface area (Å²) in [7, 11) is 1.60. The van der Waals surface area contributed by atoms with Crippen molar-refractivity contribution in [2.45, 2.75) is 27.7 Å². The predicted octanol–water partition coefficient (Wildman–Crippen LogP) is 1.76. The Bertz CT molecular complexity index is 776. The number of hydrogen-bond acceptors (Lipinski definition) is 7. The van der Waals surface area contributed by atoms with Crippen LogP contribution in [-0.2, 0) is 4.74 Å². The van der Waals surface area contributed by atoms with Gasteiger partial charge in [0.25, 0.3) is 0 Å². The van der Waals surface area contributed by atoms with Crippen molar-refractivity contribution in [1.82, 2.24) is 0 Å². The quantitative estimate of drug-likeness (QED) is 0.285. The fourth-order valence-electron chi connectivity index (χ4n) is 2.48. The number of hydrogen-bond donors (Lipinski definition) is 2. The Kier molecular flexibility index (Phi) is 8.94. The molecule has 9 heteroatoms. The minimum atomic E-state index is -0.375. The highest BCUT2D eigenvalue weighted by Gasteiger charge is 2.26. The smallest absolute Gasteiger partial charge is 0.190 e. The highest BCUT2D eigenvalue weighted by molar-refractivity contribution is 6.38. The molecule has 152 valence electrons. The maximum absolute atomic E-state index is 6.27. The summed E-state index contributed by atoms with van der Waals surface area (Å²) in [5.74, 6) is 0.620. The summed E-state index contributed by atoms with van der Waals surface area (Å²) in [5, 5.41) is 7.43. The van der Waals surface area contributed by atoms with Crippen molar-refractivity contribution in [2.75, 3.05) is 26.7 Å². The molecular formula is C19H30N8O. The second-order valence-electron chi connectivity index (χ2n) is 7.08. The van der Waals surface area contributed by atoms with Crippen LogP contribution in [-0.4, -0.2) is 63.3 Å². The first-order chi connectivity index (χ1) is 13.2. The van der Waals surface area contributed by atoms with Crippen LogP contribution in [0.2, 0.25) is 0 Å². The average molecular weight is 387 g/mol. The highest BCUT2D eigenvalue weighted by atomic mass is 16.5. The van der Waals surface area contributed by atoms with Crippen molar-refractivity contribution in [3.05, 3.63) is 23.1 Å². The van der Waals surface area contributed by atoms with Gasteiger partial charge in [-0.15, -0.1) is 0 Å². The number of ether oxygens (including phenoxy) is 1. The standard InChI is InChI=1S/C19H30N8O/c1-13-7-14(24-8-13)9-25-15(10-27-23-6)17(19(2,3)4)18(21)28-11-16(22-5)26-12-20/h7,10,12H,6,8-9,11,21H2,1-5H3,(H2,20,22,26)/b18-17-,25-15?,27-10-. The Morgan fingerprint density at radius 2 is 2.11 bits per heavy atom. The van der Waals surface area contributed by atoms with E-state index in [-0.39, 0.29) is 17.9 Å². The van der Waals surface area contributed by atoms with E-state index in [1.54, 1.807) is 7.05 Å². The van der Waals surface area contributed by atoms with Crippen LogP contribution in [0, 0.1) is 5.41 Å². The van der Waals surface area contributed by atoms with Crippen LogP contribution in [0.1, 0.15) is 27.7 Å². The lowest BCUT2D eigenvalue weighted by molar-refractivity contribution is 0.244. The van der Waals surface area contributed by atoms with Gasteiger partial charge in [-0.1, -0.05) is 26.3 Å². The first-order valence-electron chi connectivity index (χ1n) is 8.80. The molecule has 4 N–H and O–H groups in total. The van der Waals surface area contributed by atoms with E-state index in [4.69, 9.17) is 16.2 Å². The van der Waals surface area contributed by atoms with E-state index in [2.05, 4.69) is 36.9 Å². The Hall–Kier alpha value is -3.10. The molecule has 0 amide bonds. The molecule has 9 nitrogen and oxygen atoms in total. The Balaban J connectivity index is 3.26. The fourth-order valence-corrected chi connectivity index (χ4v) is 2.48. The molecule has 0 saturated heterocycles. The molecule has 0 atom stereocenters. The lowest BCUT2D eigenvalue weighted by Crippen LogP contribution is -2.27. The van der Waals surface area contributed by atoms with Gasteiger partial charge in [-0.2, -0.15) is 10.2 Å². The molecule has 0 aromatic carbocycles. The second-order valence-corrected chi connectivity index (χ2v) is 7.08. The molecule has 0 spiro atoms. The van der Waals surface area contributed by atoms with Crippen molar-refractivity contribution in [2.24, 2.45) is 47.1 Å². The van der Waals surface area contributed by atoms with Crippen molar-refractivity contribution < 1.29 is 4.74 Å². The van der Waals surface area contributed by atoms with Gasteiger partial charge >= 0.3 is 0 Å². The SMILES string of the molecule is C=N/N=C\C(=NCC1=NCC(C)=C1)/C(=C(\N)OCC(N=CN)=NC)C(C)(C)C. The molecule has 0 aromatic rings. The van der Waals surface area contributed by atoms with Gasteiger partial charge in [-0.3, -0.25) is 15.0 Å². The Morgan fingerprint density at radius 3 is 2.61 bits per heavy atom. The molecular weight excluding hydrogens is 356 g/mol. The van der Waals surface area contributed by atoms with Gasteiger partial charge in [0, 0.05) is 19.3 Å². The van der Waals surface area contributed by atoms with Crippen LogP contribution in [0.5, 0.6) is 0 Å². The molecule has 0 aliphatic carbocycles. The monoisotopic (exact) mass is 386 g/mol. The summed E-state index contributed by atoms with van der Waals surface area (Å²) in [5.41, 5.74) is 14.6. The van der Waals surface area contributed by atoms with E-state index in [0.717, 1.165) is 12.1 Å². The number of aliphatic imine (C=N–C) groups is 4. The summed E-state index contributed by atoms with van der Waals surface area (Å²) in [6.07, 6.45) is 4.70. The lowest BCUT2D eigenvalue weighted by Gasteiger charge is -2.25. The molecule has 1 aliphatic rings. The third-order valence-corrected chi connectivity index (χ3v) is 3.71. The summed E-state index contributed by atoms with van der Waals surface area (Å²) in [6.45, 7) is 12.6. The number of nitrogens with zero attached hydrogens (tertiary/aromatic N) is 6. The van der Waals surface area contributed by atoms with Crippen molar-refractivity contribution in [3.63, 3.8) is 0 Å². The molecule has 0 saturated carbocycles. The van der Waals surface area contributed by atoms with Crippen LogP contribution < -0.4 is 11.5 Å². The van der Waals surface area contributed by atoms with Gasteiger partial charge in [-0.25, -0.2) is 4.99 Å². The normalized spacial score (nSPS) is 17.0. The maximum Gasteiger partial charge on any atom is 0.190 e. The molecule has 0 unspecified atom stereocenters. The van der Waals surface area contributed by atoms with Crippen molar-refractivity contribution in [1.29, 1.82) is 0 Å². The average Bonchev–Trinajstić information content (AvgIpc) is 3.04. The Labute approximate surface area is 166 Å². The minimum absolute atomic E-state index is 0.0778. The van der Waals surface area contributed by atoms with Crippen molar-refractivity contribution in [3.8, 4) is 0 Å². The third kappa shape index (κ3) is 7.26. The summed E-state index contributed by atoms with van der Waals surface area (Å²) < 4.78 is 5.71. The molecule has 1 rings (SSSR count).